The Kier molecular flexibility index (Phi) is 8.45. The highest BCUT2D eigenvalue weighted by Gasteiger charge is 2.69. The van der Waals surface area contributed by atoms with Gasteiger partial charge in [-0.25, -0.2) is 0 Å². The van der Waals surface area contributed by atoms with Gasteiger partial charge in [0.2, 0.25) is 11.3 Å². The van der Waals surface area contributed by atoms with Crippen molar-refractivity contribution >= 4 is 17.8 Å². The summed E-state index contributed by atoms with van der Waals surface area (Å²) in [5, 5.41) is 0. The van der Waals surface area contributed by atoms with Gasteiger partial charge in [0.1, 0.15) is 0 Å². The Morgan fingerprint density at radius 2 is 1.42 bits per heavy atom. The summed E-state index contributed by atoms with van der Waals surface area (Å²) in [6.07, 6.45) is -9.64. The minimum atomic E-state index is -4.87. The predicted molar refractivity (Wildman–Crippen MR) is 149 cm³/mol. The van der Waals surface area contributed by atoms with Crippen molar-refractivity contribution in [3.63, 3.8) is 0 Å². The molecule has 0 spiro atoms. The molecule has 1 aliphatic heterocycles. The van der Waals surface area contributed by atoms with Crippen LogP contribution in [0.4, 0.5) is 26.3 Å². The molecule has 0 bridgehead atoms. The van der Waals surface area contributed by atoms with Gasteiger partial charge in [-0.15, -0.1) is 0 Å². The molecule has 1 aliphatic carbocycles. The van der Waals surface area contributed by atoms with Crippen molar-refractivity contribution < 1.29 is 50.2 Å². The molecule has 45 heavy (non-hydrogen) atoms. The van der Waals surface area contributed by atoms with E-state index in [1.165, 1.54) is 24.8 Å². The van der Waals surface area contributed by atoms with Crippen LogP contribution in [0.5, 0.6) is 0 Å². The van der Waals surface area contributed by atoms with Gasteiger partial charge in [-0.2, -0.15) is 26.3 Å². The van der Waals surface area contributed by atoms with Gasteiger partial charge in [0.15, 0.2) is 0 Å². The number of hydrogen-bond donors (Lipinski definition) is 0. The quantitative estimate of drug-likeness (QED) is 0.169. The molecule has 3 aromatic carbocycles. The molecule has 6 nitrogen and oxygen atoms in total. The SMILES string of the molecule is CCOC(=O)C1(C(=O)OCC)c2ccc(C(F)(F)F)cc2[C@H](c2cccc(C(F)(F)F)c2)[C@@H]2CN(Cc3ccccc3)C(=O)[C@H]21. The fourth-order valence-corrected chi connectivity index (χ4v) is 6.72. The van der Waals surface area contributed by atoms with Crippen molar-refractivity contribution in [2.75, 3.05) is 19.8 Å². The molecule has 1 heterocycles. The second-order valence-electron chi connectivity index (χ2n) is 11.0. The van der Waals surface area contributed by atoms with E-state index in [9.17, 15) is 40.7 Å². The molecule has 0 N–H and O–H groups in total. The van der Waals surface area contributed by atoms with Crippen LogP contribution >= 0.6 is 0 Å². The van der Waals surface area contributed by atoms with E-state index in [1.807, 2.05) is 0 Å². The highest BCUT2D eigenvalue weighted by atomic mass is 19.4. The molecular formula is C33H29F6NO5. The van der Waals surface area contributed by atoms with E-state index in [0.717, 1.165) is 30.3 Å². The van der Waals surface area contributed by atoms with Crippen LogP contribution < -0.4 is 0 Å². The number of ether oxygens (including phenoxy) is 2. The number of esters is 2. The molecule has 2 aliphatic rings. The Morgan fingerprint density at radius 3 is 2.00 bits per heavy atom. The summed E-state index contributed by atoms with van der Waals surface area (Å²) in [5.74, 6) is -6.95. The number of benzene rings is 3. The van der Waals surface area contributed by atoms with Crippen LogP contribution in [0.3, 0.4) is 0 Å². The third kappa shape index (κ3) is 5.55. The molecular weight excluding hydrogens is 604 g/mol. The highest BCUT2D eigenvalue weighted by Crippen LogP contribution is 2.57. The average Bonchev–Trinajstić information content (AvgIpc) is 3.30. The lowest BCUT2D eigenvalue weighted by atomic mass is 9.55. The van der Waals surface area contributed by atoms with Gasteiger partial charge in [0.25, 0.3) is 0 Å². The smallest absolute Gasteiger partial charge is 0.416 e. The first kappa shape index (κ1) is 32.1. The fourth-order valence-electron chi connectivity index (χ4n) is 6.72. The fraction of sp³-hybridized carbons (Fsp3) is 0.364. The number of carbonyl (C=O) groups excluding carboxylic acids is 3. The molecule has 1 fully saturated rings. The van der Waals surface area contributed by atoms with Crippen molar-refractivity contribution in [3.05, 3.63) is 106 Å². The number of halogens is 6. The second-order valence-corrected chi connectivity index (χ2v) is 11.0. The summed E-state index contributed by atoms with van der Waals surface area (Å²) in [6, 6.07) is 15.2. The van der Waals surface area contributed by atoms with Crippen molar-refractivity contribution in [2.24, 2.45) is 11.8 Å². The third-order valence-electron chi connectivity index (χ3n) is 8.45. The summed E-state index contributed by atoms with van der Waals surface area (Å²) in [5.41, 5.74) is -4.50. The molecule has 0 aromatic heterocycles. The minimum absolute atomic E-state index is 0.0175. The number of fused-ring (bicyclic) bond motifs is 2. The predicted octanol–water partition coefficient (Wildman–Crippen LogP) is 6.51. The minimum Gasteiger partial charge on any atom is -0.465 e. The van der Waals surface area contributed by atoms with E-state index in [1.54, 1.807) is 30.3 Å². The number of rotatable bonds is 7. The number of hydrogen-bond acceptors (Lipinski definition) is 5. The van der Waals surface area contributed by atoms with Crippen molar-refractivity contribution in [1.82, 2.24) is 4.90 Å². The Balaban J connectivity index is 1.84. The van der Waals surface area contributed by atoms with Crippen molar-refractivity contribution in [1.29, 1.82) is 0 Å². The first-order valence-electron chi connectivity index (χ1n) is 14.3. The Hall–Kier alpha value is -4.35. The van der Waals surface area contributed by atoms with E-state index < -0.39 is 64.5 Å². The van der Waals surface area contributed by atoms with Crippen LogP contribution in [0.15, 0.2) is 72.8 Å². The standard InChI is InChI=1S/C33H29F6NO5/c1-3-44-29(42)31(30(43)45-4-2)25-14-13-22(33(37,38)39)16-23(25)26(20-11-8-12-21(15-20)32(34,35)36)24-18-40(28(41)27(24)31)17-19-9-6-5-7-10-19/h5-16,24,26-27H,3-4,17-18H2,1-2H3/t24-,26-,27-/m0/s1. The van der Waals surface area contributed by atoms with Crippen LogP contribution in [-0.2, 0) is 48.2 Å². The normalized spacial score (nSPS) is 20.8. The second kappa shape index (κ2) is 11.9. The zero-order valence-electron chi connectivity index (χ0n) is 24.2. The Morgan fingerprint density at radius 1 is 0.822 bits per heavy atom. The van der Waals surface area contributed by atoms with Gasteiger partial charge in [0, 0.05) is 24.9 Å². The molecule has 3 atom stereocenters. The lowest BCUT2D eigenvalue weighted by molar-refractivity contribution is -0.172. The Labute approximate surface area is 254 Å². The number of likely N-dealkylation sites (tertiary alicyclic amines) is 1. The molecule has 0 saturated carbocycles. The molecule has 3 aromatic rings. The highest BCUT2D eigenvalue weighted by molar-refractivity contribution is 6.12. The van der Waals surface area contributed by atoms with Gasteiger partial charge in [-0.05, 0) is 54.3 Å². The monoisotopic (exact) mass is 633 g/mol. The molecule has 5 rings (SSSR count). The van der Waals surface area contributed by atoms with E-state index in [4.69, 9.17) is 9.47 Å². The number of nitrogens with zero attached hydrogens (tertiary/aromatic N) is 1. The van der Waals surface area contributed by atoms with E-state index in [0.29, 0.717) is 11.6 Å². The molecule has 0 unspecified atom stereocenters. The van der Waals surface area contributed by atoms with Crippen molar-refractivity contribution in [3.8, 4) is 0 Å². The maximum Gasteiger partial charge on any atom is 0.416 e. The van der Waals surface area contributed by atoms with Crippen LogP contribution in [-0.4, -0.2) is 42.5 Å². The average molecular weight is 634 g/mol. The number of carbonyl (C=O) groups is 3. The lowest BCUT2D eigenvalue weighted by Gasteiger charge is -2.45. The molecule has 1 amide bonds. The van der Waals surface area contributed by atoms with E-state index in [2.05, 4.69) is 0 Å². The first-order valence-corrected chi connectivity index (χ1v) is 14.3. The van der Waals surface area contributed by atoms with Gasteiger partial charge in [0.05, 0.1) is 30.3 Å². The summed E-state index contributed by atoms with van der Waals surface area (Å²) < 4.78 is 94.5. The summed E-state index contributed by atoms with van der Waals surface area (Å²) in [6.45, 7) is 2.32. The maximum atomic E-state index is 14.4. The summed E-state index contributed by atoms with van der Waals surface area (Å²) >= 11 is 0. The zero-order valence-corrected chi connectivity index (χ0v) is 24.2. The van der Waals surface area contributed by atoms with Crippen LogP contribution in [0.1, 0.15) is 53.1 Å². The summed E-state index contributed by atoms with van der Waals surface area (Å²) in [7, 11) is 0. The van der Waals surface area contributed by atoms with Gasteiger partial charge >= 0.3 is 24.3 Å². The topological polar surface area (TPSA) is 72.9 Å². The van der Waals surface area contributed by atoms with Crippen molar-refractivity contribution in [2.45, 2.75) is 44.1 Å². The van der Waals surface area contributed by atoms with E-state index in [-0.39, 0.29) is 43.0 Å². The van der Waals surface area contributed by atoms with Gasteiger partial charge < -0.3 is 14.4 Å². The van der Waals surface area contributed by atoms with Crippen LogP contribution in [0, 0.1) is 11.8 Å². The number of amides is 1. The molecule has 0 radical (unpaired) electrons. The molecule has 238 valence electrons. The third-order valence-corrected chi connectivity index (χ3v) is 8.45. The zero-order chi connectivity index (χ0) is 32.7. The van der Waals surface area contributed by atoms with Crippen LogP contribution in [0.2, 0.25) is 0 Å². The molecule has 12 heteroatoms. The Bertz CT molecular complexity index is 1590. The maximum absolute atomic E-state index is 14.4. The van der Waals surface area contributed by atoms with Gasteiger partial charge in [-0.1, -0.05) is 54.6 Å². The van der Waals surface area contributed by atoms with Crippen LogP contribution in [0.25, 0.3) is 0 Å². The molecule has 1 saturated heterocycles. The number of alkyl halides is 6. The van der Waals surface area contributed by atoms with Gasteiger partial charge in [-0.3, -0.25) is 14.4 Å². The first-order chi connectivity index (χ1) is 21.2. The summed E-state index contributed by atoms with van der Waals surface area (Å²) in [4.78, 5) is 43.7. The largest absolute Gasteiger partial charge is 0.465 e. The lowest BCUT2D eigenvalue weighted by Crippen LogP contribution is -2.59. The van der Waals surface area contributed by atoms with E-state index >= 15 is 0 Å².